The number of halogens is 2. The van der Waals surface area contributed by atoms with E-state index in [1.807, 2.05) is 32.9 Å². The summed E-state index contributed by atoms with van der Waals surface area (Å²) in [5.41, 5.74) is -1.44. The van der Waals surface area contributed by atoms with Gasteiger partial charge in [-0.05, 0) is 24.3 Å². The minimum atomic E-state index is -0.943. The molecule has 1 atom stereocenters. The second kappa shape index (κ2) is 5.19. The number of ether oxygens (including phenoxy) is 1. The van der Waals surface area contributed by atoms with Crippen LogP contribution in [-0.2, 0) is 4.79 Å². The largest absolute Gasteiger partial charge is 0.467 e. The van der Waals surface area contributed by atoms with Crippen molar-refractivity contribution in [2.45, 2.75) is 26.3 Å². The van der Waals surface area contributed by atoms with E-state index >= 15 is 0 Å². The average molecular weight is 306 g/mol. The maximum absolute atomic E-state index is 11.8. The Labute approximate surface area is 109 Å². The summed E-state index contributed by atoms with van der Waals surface area (Å²) in [5.74, 6) is 0.456. The molecule has 88 valence electrons. The highest BCUT2D eigenvalue weighted by Gasteiger charge is 2.29. The lowest BCUT2D eigenvalue weighted by molar-refractivity contribution is -0.130. The number of benzene rings is 1. The summed E-state index contributed by atoms with van der Waals surface area (Å²) in [6, 6.07) is 7.19. The molecule has 0 bridgehead atoms. The van der Waals surface area contributed by atoms with E-state index in [4.69, 9.17) is 16.3 Å². The quantitative estimate of drug-likeness (QED) is 0.789. The molecule has 16 heavy (non-hydrogen) atoms. The Balaban J connectivity index is 2.68. The normalized spacial score (nSPS) is 13.3. The molecule has 0 saturated heterocycles. The molecule has 0 aliphatic heterocycles. The van der Waals surface area contributed by atoms with Gasteiger partial charge in [0.15, 0.2) is 5.78 Å². The summed E-state index contributed by atoms with van der Waals surface area (Å²) in [7, 11) is 0. The van der Waals surface area contributed by atoms with Crippen molar-refractivity contribution >= 4 is 33.3 Å². The van der Waals surface area contributed by atoms with E-state index in [1.165, 1.54) is 0 Å². The molecule has 0 spiro atoms. The van der Waals surface area contributed by atoms with Crippen LogP contribution in [0.2, 0.25) is 0 Å². The first-order valence-electron chi connectivity index (χ1n) is 4.91. The molecule has 0 heterocycles. The van der Waals surface area contributed by atoms with Crippen molar-refractivity contribution in [1.82, 2.24) is 0 Å². The van der Waals surface area contributed by atoms with Gasteiger partial charge in [-0.1, -0.05) is 48.3 Å². The van der Waals surface area contributed by atoms with Crippen LogP contribution < -0.4 is 4.74 Å². The highest BCUT2D eigenvalue weighted by Crippen LogP contribution is 2.23. The zero-order chi connectivity index (χ0) is 12.3. The summed E-state index contributed by atoms with van der Waals surface area (Å²) in [6.07, 6.45) is 0. The summed E-state index contributed by atoms with van der Waals surface area (Å²) in [4.78, 5) is 11.8. The number of carbonyl (C=O) groups is 1. The number of alkyl halides is 1. The van der Waals surface area contributed by atoms with E-state index in [-0.39, 0.29) is 5.78 Å². The van der Waals surface area contributed by atoms with Crippen LogP contribution >= 0.6 is 27.5 Å². The molecule has 0 aliphatic rings. The fourth-order valence-electron chi connectivity index (χ4n) is 1.03. The Bertz CT molecular complexity index is 368. The molecule has 0 radical (unpaired) electrons. The highest BCUT2D eigenvalue weighted by molar-refractivity contribution is 9.10. The maximum Gasteiger partial charge on any atom is 0.230 e. The van der Waals surface area contributed by atoms with Crippen LogP contribution in [0, 0.1) is 5.41 Å². The third-order valence-electron chi connectivity index (χ3n) is 2.00. The van der Waals surface area contributed by atoms with Gasteiger partial charge in [0.05, 0.1) is 0 Å². The monoisotopic (exact) mass is 304 g/mol. The van der Waals surface area contributed by atoms with E-state index < -0.39 is 11.0 Å². The van der Waals surface area contributed by atoms with Crippen molar-refractivity contribution < 1.29 is 9.53 Å². The number of hydrogen-bond acceptors (Lipinski definition) is 2. The molecule has 0 N–H and O–H groups in total. The molecule has 0 fully saturated rings. The topological polar surface area (TPSA) is 26.3 Å². The van der Waals surface area contributed by atoms with Crippen molar-refractivity contribution in [3.05, 3.63) is 28.7 Å². The molecule has 1 aromatic carbocycles. The minimum Gasteiger partial charge on any atom is -0.467 e. The van der Waals surface area contributed by atoms with Crippen LogP contribution in [0.1, 0.15) is 20.8 Å². The molecule has 0 saturated carbocycles. The first-order valence-corrected chi connectivity index (χ1v) is 6.14. The van der Waals surface area contributed by atoms with Crippen LogP contribution in [0.4, 0.5) is 0 Å². The Morgan fingerprint density at radius 1 is 1.31 bits per heavy atom. The third kappa shape index (κ3) is 3.80. The fraction of sp³-hybridized carbons (Fsp3) is 0.417. The Hall–Kier alpha value is -0.540. The lowest BCUT2D eigenvalue weighted by Crippen LogP contribution is -2.32. The van der Waals surface area contributed by atoms with E-state index in [2.05, 4.69) is 15.9 Å². The minimum absolute atomic E-state index is 0.128. The molecule has 1 rings (SSSR count). The van der Waals surface area contributed by atoms with Crippen LogP contribution in [-0.4, -0.2) is 11.3 Å². The summed E-state index contributed by atoms with van der Waals surface area (Å²) >= 11 is 9.22. The molecule has 0 aromatic heterocycles. The number of carbonyl (C=O) groups excluding carboxylic acids is 1. The zero-order valence-corrected chi connectivity index (χ0v) is 11.8. The molecule has 1 unspecified atom stereocenters. The van der Waals surface area contributed by atoms with Crippen molar-refractivity contribution in [2.75, 3.05) is 0 Å². The standard InChI is InChI=1S/C12H14BrClO2/c1-12(2,3)10(15)11(14)16-9-6-4-8(13)5-7-9/h4-7,11H,1-3H3. The average Bonchev–Trinajstić information content (AvgIpc) is 2.19. The molecule has 0 aliphatic carbocycles. The predicted molar refractivity (Wildman–Crippen MR) is 68.9 cm³/mol. The molecule has 4 heteroatoms. The molecular formula is C12H14BrClO2. The number of hydrogen-bond donors (Lipinski definition) is 0. The van der Waals surface area contributed by atoms with E-state index in [9.17, 15) is 4.79 Å². The SMILES string of the molecule is CC(C)(C)C(=O)C(Cl)Oc1ccc(Br)cc1. The van der Waals surface area contributed by atoms with Gasteiger partial charge in [-0.15, -0.1) is 0 Å². The van der Waals surface area contributed by atoms with Gasteiger partial charge >= 0.3 is 0 Å². The lowest BCUT2D eigenvalue weighted by Gasteiger charge is -2.21. The first kappa shape index (κ1) is 13.5. The smallest absolute Gasteiger partial charge is 0.230 e. The van der Waals surface area contributed by atoms with Crippen LogP contribution in [0.5, 0.6) is 5.75 Å². The number of Topliss-reactive ketones (excluding diaryl/α,β-unsaturated/α-hetero) is 1. The third-order valence-corrected chi connectivity index (χ3v) is 2.81. The lowest BCUT2D eigenvalue weighted by atomic mass is 9.91. The highest BCUT2D eigenvalue weighted by atomic mass is 79.9. The van der Waals surface area contributed by atoms with Crippen molar-refractivity contribution in [1.29, 1.82) is 0 Å². The molecular weight excluding hydrogens is 291 g/mol. The molecule has 2 nitrogen and oxygen atoms in total. The zero-order valence-electron chi connectivity index (χ0n) is 9.46. The van der Waals surface area contributed by atoms with Gasteiger partial charge in [0, 0.05) is 9.89 Å². The van der Waals surface area contributed by atoms with Gasteiger partial charge in [-0.2, -0.15) is 0 Å². The van der Waals surface area contributed by atoms with Crippen molar-refractivity contribution in [2.24, 2.45) is 5.41 Å². The van der Waals surface area contributed by atoms with E-state index in [0.717, 1.165) is 4.47 Å². The van der Waals surface area contributed by atoms with Crippen LogP contribution in [0.25, 0.3) is 0 Å². The van der Waals surface area contributed by atoms with Gasteiger partial charge in [0.1, 0.15) is 5.75 Å². The van der Waals surface area contributed by atoms with Crippen molar-refractivity contribution in [3.63, 3.8) is 0 Å². The molecule has 0 amide bonds. The molecule has 1 aromatic rings. The summed E-state index contributed by atoms with van der Waals surface area (Å²) in [5, 5.41) is 0. The Morgan fingerprint density at radius 3 is 2.25 bits per heavy atom. The Kier molecular flexibility index (Phi) is 4.39. The number of ketones is 1. The second-order valence-corrected chi connectivity index (χ2v) is 5.81. The predicted octanol–water partition coefficient (Wildman–Crippen LogP) is 4.01. The van der Waals surface area contributed by atoms with Crippen LogP contribution in [0.3, 0.4) is 0 Å². The summed E-state index contributed by atoms with van der Waals surface area (Å²) in [6.45, 7) is 5.45. The van der Waals surface area contributed by atoms with Crippen molar-refractivity contribution in [3.8, 4) is 5.75 Å². The Morgan fingerprint density at radius 2 is 1.81 bits per heavy atom. The van der Waals surface area contributed by atoms with E-state index in [1.54, 1.807) is 12.1 Å². The maximum atomic E-state index is 11.8. The van der Waals surface area contributed by atoms with Gasteiger partial charge in [-0.3, -0.25) is 4.79 Å². The second-order valence-electron chi connectivity index (χ2n) is 4.50. The van der Waals surface area contributed by atoms with Gasteiger partial charge < -0.3 is 4.74 Å². The first-order chi connectivity index (χ1) is 7.30. The number of rotatable bonds is 3. The van der Waals surface area contributed by atoms with Gasteiger partial charge in [0.2, 0.25) is 5.56 Å². The van der Waals surface area contributed by atoms with Crippen LogP contribution in [0.15, 0.2) is 28.7 Å². The summed E-state index contributed by atoms with van der Waals surface area (Å²) < 4.78 is 6.30. The fourth-order valence-corrected chi connectivity index (χ4v) is 1.72. The van der Waals surface area contributed by atoms with Gasteiger partial charge in [0.25, 0.3) is 0 Å². The van der Waals surface area contributed by atoms with Gasteiger partial charge in [-0.25, -0.2) is 0 Å². The van der Waals surface area contributed by atoms with E-state index in [0.29, 0.717) is 5.75 Å².